The van der Waals surface area contributed by atoms with E-state index in [1.807, 2.05) is 0 Å². The predicted octanol–water partition coefficient (Wildman–Crippen LogP) is 3.07. The average molecular weight is 191 g/mol. The zero-order valence-corrected chi connectivity index (χ0v) is 8.81. The van der Waals surface area contributed by atoms with E-state index < -0.39 is 0 Å². The SMILES string of the molecule is COCCC(C)C1CCC(Cl)C1. The van der Waals surface area contributed by atoms with Gasteiger partial charge in [-0.3, -0.25) is 0 Å². The molecule has 0 aliphatic heterocycles. The van der Waals surface area contributed by atoms with Crippen LogP contribution in [0, 0.1) is 11.8 Å². The van der Waals surface area contributed by atoms with Crippen molar-refractivity contribution in [3.63, 3.8) is 0 Å². The summed E-state index contributed by atoms with van der Waals surface area (Å²) in [7, 11) is 1.77. The molecule has 0 radical (unpaired) electrons. The Balaban J connectivity index is 2.18. The van der Waals surface area contributed by atoms with Crippen molar-refractivity contribution in [2.24, 2.45) is 11.8 Å². The molecule has 2 heteroatoms. The summed E-state index contributed by atoms with van der Waals surface area (Å²) in [5.41, 5.74) is 0. The molecule has 1 saturated carbocycles. The van der Waals surface area contributed by atoms with E-state index in [1.54, 1.807) is 7.11 Å². The van der Waals surface area contributed by atoms with Gasteiger partial charge in [-0.05, 0) is 37.5 Å². The van der Waals surface area contributed by atoms with E-state index in [2.05, 4.69) is 6.92 Å². The van der Waals surface area contributed by atoms with E-state index in [0.29, 0.717) is 5.38 Å². The summed E-state index contributed by atoms with van der Waals surface area (Å²) in [6.45, 7) is 3.21. The lowest BCUT2D eigenvalue weighted by atomic mass is 9.90. The van der Waals surface area contributed by atoms with E-state index >= 15 is 0 Å². The molecule has 1 fully saturated rings. The van der Waals surface area contributed by atoms with Crippen molar-refractivity contribution in [3.05, 3.63) is 0 Å². The Morgan fingerprint density at radius 3 is 2.75 bits per heavy atom. The quantitative estimate of drug-likeness (QED) is 0.620. The Kier molecular flexibility index (Phi) is 4.38. The Hall–Kier alpha value is 0.250. The van der Waals surface area contributed by atoms with Crippen LogP contribution in [0.25, 0.3) is 0 Å². The van der Waals surface area contributed by atoms with Gasteiger partial charge in [0.05, 0.1) is 0 Å². The zero-order chi connectivity index (χ0) is 8.97. The summed E-state index contributed by atoms with van der Waals surface area (Å²) in [6.07, 6.45) is 4.93. The molecule has 72 valence electrons. The first-order valence-corrected chi connectivity index (χ1v) is 5.30. The molecule has 0 aromatic heterocycles. The average Bonchev–Trinajstić information content (AvgIpc) is 2.47. The lowest BCUT2D eigenvalue weighted by molar-refractivity contribution is 0.165. The van der Waals surface area contributed by atoms with E-state index in [0.717, 1.165) is 18.4 Å². The second-order valence-corrected chi connectivity index (χ2v) is 4.55. The van der Waals surface area contributed by atoms with Crippen LogP contribution in [0.1, 0.15) is 32.6 Å². The van der Waals surface area contributed by atoms with Crippen LogP contribution in [0.2, 0.25) is 0 Å². The summed E-state index contributed by atoms with van der Waals surface area (Å²) in [6, 6.07) is 0. The monoisotopic (exact) mass is 190 g/mol. The van der Waals surface area contributed by atoms with E-state index in [9.17, 15) is 0 Å². The number of rotatable bonds is 4. The van der Waals surface area contributed by atoms with E-state index in [-0.39, 0.29) is 0 Å². The molecule has 1 nitrogen and oxygen atoms in total. The van der Waals surface area contributed by atoms with Gasteiger partial charge in [0.25, 0.3) is 0 Å². The minimum absolute atomic E-state index is 0.444. The van der Waals surface area contributed by atoms with Crippen LogP contribution in [0.5, 0.6) is 0 Å². The summed E-state index contributed by atoms with van der Waals surface area (Å²) < 4.78 is 5.07. The van der Waals surface area contributed by atoms with E-state index in [1.165, 1.54) is 25.7 Å². The largest absolute Gasteiger partial charge is 0.385 e. The van der Waals surface area contributed by atoms with Gasteiger partial charge >= 0.3 is 0 Å². The minimum atomic E-state index is 0.444. The third kappa shape index (κ3) is 2.95. The molecule has 0 bridgehead atoms. The van der Waals surface area contributed by atoms with Crippen LogP contribution in [-0.4, -0.2) is 19.1 Å². The van der Waals surface area contributed by atoms with Gasteiger partial charge in [0, 0.05) is 19.1 Å². The first-order valence-electron chi connectivity index (χ1n) is 4.87. The predicted molar refractivity (Wildman–Crippen MR) is 52.6 cm³/mol. The molecule has 0 aromatic rings. The molecule has 1 rings (SSSR count). The smallest absolute Gasteiger partial charge is 0.0464 e. The zero-order valence-electron chi connectivity index (χ0n) is 8.05. The normalized spacial score (nSPS) is 32.2. The molecule has 3 unspecified atom stereocenters. The molecule has 12 heavy (non-hydrogen) atoms. The second-order valence-electron chi connectivity index (χ2n) is 3.93. The molecule has 1 aliphatic rings. The summed E-state index contributed by atoms with van der Waals surface area (Å²) in [5.74, 6) is 1.64. The lowest BCUT2D eigenvalue weighted by Crippen LogP contribution is -2.10. The summed E-state index contributed by atoms with van der Waals surface area (Å²) in [5, 5.41) is 0.444. The van der Waals surface area contributed by atoms with Crippen molar-refractivity contribution in [2.45, 2.75) is 38.0 Å². The fraction of sp³-hybridized carbons (Fsp3) is 1.00. The topological polar surface area (TPSA) is 9.23 Å². The Labute approximate surface area is 80.4 Å². The van der Waals surface area contributed by atoms with Crippen molar-refractivity contribution >= 4 is 11.6 Å². The number of hydrogen-bond acceptors (Lipinski definition) is 1. The Bertz CT molecular complexity index is 127. The molecule has 1 aliphatic carbocycles. The first kappa shape index (κ1) is 10.3. The van der Waals surface area contributed by atoms with Gasteiger partial charge in [-0.15, -0.1) is 11.6 Å². The van der Waals surface area contributed by atoms with Crippen LogP contribution in [-0.2, 0) is 4.74 Å². The van der Waals surface area contributed by atoms with Crippen molar-refractivity contribution in [2.75, 3.05) is 13.7 Å². The summed E-state index contributed by atoms with van der Waals surface area (Å²) in [4.78, 5) is 0. The van der Waals surface area contributed by atoms with Crippen LogP contribution in [0.15, 0.2) is 0 Å². The molecular formula is C10H19ClO. The van der Waals surface area contributed by atoms with Crippen molar-refractivity contribution in [1.29, 1.82) is 0 Å². The van der Waals surface area contributed by atoms with Crippen LogP contribution < -0.4 is 0 Å². The third-order valence-electron chi connectivity index (χ3n) is 2.99. The Morgan fingerprint density at radius 2 is 2.25 bits per heavy atom. The van der Waals surface area contributed by atoms with Gasteiger partial charge in [-0.2, -0.15) is 0 Å². The first-order chi connectivity index (χ1) is 5.74. The van der Waals surface area contributed by atoms with Gasteiger partial charge in [0.2, 0.25) is 0 Å². The van der Waals surface area contributed by atoms with Crippen LogP contribution >= 0.6 is 11.6 Å². The minimum Gasteiger partial charge on any atom is -0.385 e. The maximum absolute atomic E-state index is 6.05. The molecule has 3 atom stereocenters. The van der Waals surface area contributed by atoms with Gasteiger partial charge < -0.3 is 4.74 Å². The van der Waals surface area contributed by atoms with Gasteiger partial charge in [0.15, 0.2) is 0 Å². The van der Waals surface area contributed by atoms with Crippen molar-refractivity contribution < 1.29 is 4.74 Å². The number of hydrogen-bond donors (Lipinski definition) is 0. The standard InChI is InChI=1S/C10H19ClO/c1-8(5-6-12-2)9-3-4-10(11)7-9/h8-10H,3-7H2,1-2H3. The summed E-state index contributed by atoms with van der Waals surface area (Å²) >= 11 is 6.05. The molecule has 0 spiro atoms. The molecule has 0 aromatic carbocycles. The molecule has 0 amide bonds. The number of halogens is 1. The molecule has 0 saturated heterocycles. The molecule has 0 N–H and O–H groups in total. The van der Waals surface area contributed by atoms with Crippen molar-refractivity contribution in [3.8, 4) is 0 Å². The highest BCUT2D eigenvalue weighted by atomic mass is 35.5. The fourth-order valence-corrected chi connectivity index (χ4v) is 2.37. The van der Waals surface area contributed by atoms with Crippen LogP contribution in [0.4, 0.5) is 0 Å². The number of ether oxygens (including phenoxy) is 1. The Morgan fingerprint density at radius 1 is 1.50 bits per heavy atom. The lowest BCUT2D eigenvalue weighted by Gasteiger charge is -2.17. The van der Waals surface area contributed by atoms with Crippen LogP contribution in [0.3, 0.4) is 0 Å². The van der Waals surface area contributed by atoms with Gasteiger partial charge in [0.1, 0.15) is 0 Å². The number of alkyl halides is 1. The molecule has 0 heterocycles. The van der Waals surface area contributed by atoms with Gasteiger partial charge in [-0.25, -0.2) is 0 Å². The highest BCUT2D eigenvalue weighted by Gasteiger charge is 2.26. The van der Waals surface area contributed by atoms with Gasteiger partial charge in [-0.1, -0.05) is 6.92 Å². The maximum atomic E-state index is 6.05. The van der Waals surface area contributed by atoms with E-state index in [4.69, 9.17) is 16.3 Å². The highest BCUT2D eigenvalue weighted by molar-refractivity contribution is 6.20. The third-order valence-corrected chi connectivity index (χ3v) is 3.39. The van der Waals surface area contributed by atoms with Crippen molar-refractivity contribution in [1.82, 2.24) is 0 Å². The number of methoxy groups -OCH3 is 1. The molecular weight excluding hydrogens is 172 g/mol. The fourth-order valence-electron chi connectivity index (χ4n) is 2.02. The maximum Gasteiger partial charge on any atom is 0.0464 e. The second kappa shape index (κ2) is 5.08. The highest BCUT2D eigenvalue weighted by Crippen LogP contribution is 2.35.